The normalized spacial score (nSPS) is 14.6. The fourth-order valence-electron chi connectivity index (χ4n) is 1.65. The summed E-state index contributed by atoms with van der Waals surface area (Å²) in [7, 11) is 2.12. The van der Waals surface area contributed by atoms with Gasteiger partial charge in [-0.2, -0.15) is 0 Å². The van der Waals surface area contributed by atoms with Crippen LogP contribution in [0.1, 0.15) is 39.0 Å². The first-order valence-corrected chi connectivity index (χ1v) is 10.6. The third kappa shape index (κ3) is 13.4. The molecule has 6 nitrogen and oxygen atoms in total. The summed E-state index contributed by atoms with van der Waals surface area (Å²) >= 11 is -5.86. The summed E-state index contributed by atoms with van der Waals surface area (Å²) in [5.41, 5.74) is 0. The van der Waals surface area contributed by atoms with Gasteiger partial charge in [-0.1, -0.05) is 32.6 Å². The van der Waals surface area contributed by atoms with Crippen molar-refractivity contribution in [2.24, 2.45) is 0 Å². The standard InChI is InChI=1S/C11H22N2.H2O.3O.Re/c1-3-4-5-6-7-8-13-10-9-12(2)11-13;;;;;/h9-10H,3-8,11H2,1-2H3;1H2;;;;/q;;;;;+1/p-1. The van der Waals surface area contributed by atoms with E-state index < -0.39 is 15.8 Å². The minimum atomic E-state index is -5.86. The van der Waals surface area contributed by atoms with Crippen molar-refractivity contribution < 1.29 is 30.0 Å². The van der Waals surface area contributed by atoms with Crippen LogP contribution in [0, 0.1) is 0 Å². The van der Waals surface area contributed by atoms with Crippen molar-refractivity contribution in [1.82, 2.24) is 9.80 Å². The number of hydrogen-bond acceptors (Lipinski definition) is 5. The van der Waals surface area contributed by atoms with Gasteiger partial charge in [0.15, 0.2) is 0 Å². The molecule has 0 radical (unpaired) electrons. The molecule has 0 aromatic rings. The average molecular weight is 434 g/mol. The van der Waals surface area contributed by atoms with E-state index in [1.807, 2.05) is 0 Å². The van der Waals surface area contributed by atoms with Crippen molar-refractivity contribution in [1.29, 1.82) is 0 Å². The van der Waals surface area contributed by atoms with Crippen LogP contribution in [0.3, 0.4) is 0 Å². The molecular formula is C11H23N2O4Re. The predicted octanol–water partition coefficient (Wildman–Crippen LogP) is 1.72. The van der Waals surface area contributed by atoms with Gasteiger partial charge in [-0.15, -0.1) is 0 Å². The van der Waals surface area contributed by atoms with Crippen LogP contribution in [0.25, 0.3) is 0 Å². The summed E-state index contributed by atoms with van der Waals surface area (Å²) in [6.45, 7) is 4.57. The van der Waals surface area contributed by atoms with Crippen molar-refractivity contribution in [2.75, 3.05) is 20.3 Å². The molecule has 0 amide bonds. The zero-order valence-corrected chi connectivity index (χ0v) is 13.8. The van der Waals surface area contributed by atoms with Gasteiger partial charge in [-0.25, -0.2) is 0 Å². The van der Waals surface area contributed by atoms with Gasteiger partial charge in [0.05, 0.1) is 6.67 Å². The molecule has 0 saturated carbocycles. The molecule has 1 heterocycles. The van der Waals surface area contributed by atoms with Gasteiger partial charge < -0.3 is 9.80 Å². The molecule has 0 unspecified atom stereocenters. The third-order valence-electron chi connectivity index (χ3n) is 2.49. The average Bonchev–Trinajstić information content (AvgIpc) is 2.61. The first kappa shape index (κ1) is 17.4. The van der Waals surface area contributed by atoms with Crippen molar-refractivity contribution in [3.05, 3.63) is 12.4 Å². The van der Waals surface area contributed by atoms with E-state index in [2.05, 4.69) is 36.2 Å². The topological polar surface area (TPSA) is 77.9 Å². The molecule has 0 atom stereocenters. The van der Waals surface area contributed by atoms with Gasteiger partial charge >= 0.3 is 30.0 Å². The maximum atomic E-state index is 8.75. The molecular weight excluding hydrogens is 410 g/mol. The number of hydrogen-bond donors (Lipinski definition) is 1. The second kappa shape index (κ2) is 9.31. The Kier molecular flexibility index (Phi) is 8.98. The van der Waals surface area contributed by atoms with Gasteiger partial charge in [-0.3, -0.25) is 0 Å². The van der Waals surface area contributed by atoms with E-state index in [0.29, 0.717) is 0 Å². The molecule has 0 spiro atoms. The Labute approximate surface area is 112 Å². The fourth-order valence-corrected chi connectivity index (χ4v) is 1.65. The summed E-state index contributed by atoms with van der Waals surface area (Å²) in [6.07, 6.45) is 11.2. The van der Waals surface area contributed by atoms with Gasteiger partial charge in [0.1, 0.15) is 0 Å². The van der Waals surface area contributed by atoms with E-state index >= 15 is 0 Å². The molecule has 0 aromatic heterocycles. The Bertz CT molecular complexity index is 372. The summed E-state index contributed by atoms with van der Waals surface area (Å²) in [6, 6.07) is 0. The van der Waals surface area contributed by atoms with Crippen LogP contribution in [-0.2, 0) is 26.2 Å². The molecule has 0 aromatic carbocycles. The molecule has 1 N–H and O–H groups in total. The van der Waals surface area contributed by atoms with Crippen molar-refractivity contribution in [3.8, 4) is 0 Å². The van der Waals surface area contributed by atoms with E-state index in [1.165, 1.54) is 38.6 Å². The molecule has 0 saturated heterocycles. The molecule has 1 rings (SSSR count). The molecule has 108 valence electrons. The predicted molar refractivity (Wildman–Crippen MR) is 61.5 cm³/mol. The Morgan fingerprint density at radius 2 is 1.67 bits per heavy atom. The molecule has 0 bridgehead atoms. The number of rotatable bonds is 6. The Morgan fingerprint density at radius 3 is 2.11 bits per heavy atom. The summed E-state index contributed by atoms with van der Waals surface area (Å²) in [4.78, 5) is 4.60. The molecule has 0 fully saturated rings. The minimum absolute atomic E-state index is 1.08. The van der Waals surface area contributed by atoms with Crippen LogP contribution in [0.15, 0.2) is 12.4 Å². The van der Waals surface area contributed by atoms with Crippen molar-refractivity contribution in [2.45, 2.75) is 39.0 Å². The van der Waals surface area contributed by atoms with Crippen LogP contribution in [0.2, 0.25) is 0 Å². The summed E-state index contributed by atoms with van der Waals surface area (Å²) in [5, 5.41) is 0. The Hall–Kier alpha value is -0.638. The maximum absolute atomic E-state index is 8.75. The molecule has 1 aliphatic rings. The van der Waals surface area contributed by atoms with E-state index in [-0.39, 0.29) is 0 Å². The first-order valence-electron chi connectivity index (χ1n) is 6.08. The molecule has 0 aliphatic carbocycles. The van der Waals surface area contributed by atoms with E-state index in [4.69, 9.17) is 14.2 Å². The van der Waals surface area contributed by atoms with Crippen molar-refractivity contribution in [3.63, 3.8) is 0 Å². The second-order valence-corrected chi connectivity index (χ2v) is 7.16. The Balaban J connectivity index is 0.000000494. The van der Waals surface area contributed by atoms with Gasteiger partial charge in [0.2, 0.25) is 0 Å². The van der Waals surface area contributed by atoms with E-state index in [9.17, 15) is 0 Å². The molecule has 1 aliphatic heterocycles. The third-order valence-corrected chi connectivity index (χ3v) is 2.49. The van der Waals surface area contributed by atoms with Crippen LogP contribution in [0.4, 0.5) is 0 Å². The summed E-state index contributed by atoms with van der Waals surface area (Å²) in [5.74, 6) is 0. The van der Waals surface area contributed by atoms with E-state index in [0.717, 1.165) is 6.67 Å². The number of unbranched alkanes of at least 4 members (excludes halogenated alkanes) is 4. The summed E-state index contributed by atoms with van der Waals surface area (Å²) < 4.78 is 33.3. The van der Waals surface area contributed by atoms with Crippen LogP contribution in [-0.4, -0.2) is 33.9 Å². The zero-order valence-electron chi connectivity index (χ0n) is 11.0. The fraction of sp³-hybridized carbons (Fsp3) is 0.818. The first-order chi connectivity index (χ1) is 8.33. The zero-order chi connectivity index (χ0) is 14.0. The SMILES string of the molecule is CCCCCCCN1C=CN(C)C1.[O]=[Re](=[O])(=[O])[OH]. The van der Waals surface area contributed by atoms with Gasteiger partial charge in [0, 0.05) is 26.0 Å². The van der Waals surface area contributed by atoms with E-state index in [1.54, 1.807) is 0 Å². The quantitative estimate of drug-likeness (QED) is 0.643. The van der Waals surface area contributed by atoms with Crippen LogP contribution in [0.5, 0.6) is 0 Å². The van der Waals surface area contributed by atoms with Gasteiger partial charge in [-0.05, 0) is 6.42 Å². The molecule has 18 heavy (non-hydrogen) atoms. The van der Waals surface area contributed by atoms with Gasteiger partial charge in [0.25, 0.3) is 0 Å². The second-order valence-electron chi connectivity index (χ2n) is 4.32. The van der Waals surface area contributed by atoms with Crippen molar-refractivity contribution >= 4 is 0 Å². The number of nitrogens with zero attached hydrogens (tertiary/aromatic N) is 2. The Morgan fingerprint density at radius 1 is 1.11 bits per heavy atom. The monoisotopic (exact) mass is 434 g/mol. The molecule has 7 heteroatoms. The van der Waals surface area contributed by atoms with Crippen LogP contribution >= 0.6 is 0 Å². The van der Waals surface area contributed by atoms with Crippen LogP contribution < -0.4 is 0 Å².